The van der Waals surface area contributed by atoms with E-state index in [-0.39, 0.29) is 50.9 Å². The van der Waals surface area contributed by atoms with Gasteiger partial charge in [-0.15, -0.1) is 0 Å². The van der Waals surface area contributed by atoms with E-state index >= 15 is 0 Å². The van der Waals surface area contributed by atoms with Crippen molar-refractivity contribution >= 4 is 113 Å². The molecule has 0 aromatic heterocycles. The van der Waals surface area contributed by atoms with Crippen molar-refractivity contribution in [2.24, 2.45) is 0 Å². The molecule has 10 heteroatoms. The molecule has 17 aromatic carbocycles. The van der Waals surface area contributed by atoms with Crippen LogP contribution in [0.5, 0.6) is 0 Å². The van der Waals surface area contributed by atoms with Gasteiger partial charge in [0.25, 0.3) is 0 Å². The van der Waals surface area contributed by atoms with Gasteiger partial charge < -0.3 is 34.6 Å². The van der Waals surface area contributed by atoms with E-state index in [1.165, 1.54) is 188 Å². The average Bonchev–Trinajstić information content (AvgIpc) is 1.70. The van der Waals surface area contributed by atoms with E-state index in [2.05, 4.69) is 479 Å². The fourth-order valence-corrected chi connectivity index (χ4v) is 19.2. The van der Waals surface area contributed by atoms with Gasteiger partial charge in [-0.25, -0.2) is 0 Å². The zero-order valence-corrected chi connectivity index (χ0v) is 89.9. The molecule has 3 N–H and O–H groups in total. The van der Waals surface area contributed by atoms with Crippen LogP contribution in [0.2, 0.25) is 6.82 Å². The van der Waals surface area contributed by atoms with Crippen LogP contribution in [0, 0.1) is 61.2 Å². The number of benzene rings is 17. The molecule has 2 aliphatic heterocycles. The van der Waals surface area contributed by atoms with Gasteiger partial charge in [0, 0.05) is 64.0 Å². The normalized spacial score (nSPS) is 13.2. The van der Waals surface area contributed by atoms with Crippen molar-refractivity contribution in [3.63, 3.8) is 0 Å². The first kappa shape index (κ1) is 106. The molecular weight excluding hydrogens is 1840 g/mol. The summed E-state index contributed by atoms with van der Waals surface area (Å²) in [5, 5.41) is 21.0. The number of nitrogens with one attached hydrogen (secondary N) is 3. The van der Waals surface area contributed by atoms with E-state index in [0.29, 0.717) is 0 Å². The van der Waals surface area contributed by atoms with E-state index in [0.717, 1.165) is 93.7 Å². The second-order valence-corrected chi connectivity index (χ2v) is 41.1. The summed E-state index contributed by atoms with van der Waals surface area (Å²) in [6.07, 6.45) is 15.1. The Hall–Kier alpha value is -14.1. The maximum absolute atomic E-state index is 6.59. The number of rotatable bonds is 26. The van der Waals surface area contributed by atoms with Crippen molar-refractivity contribution in [1.29, 1.82) is 0 Å². The molecule has 754 valence electrons. The zero-order valence-electron chi connectivity index (χ0n) is 88.3. The molecule has 0 amide bonds. The first-order chi connectivity index (χ1) is 70.7. The second-order valence-electron chi connectivity index (χ2n) is 40.2. The van der Waals surface area contributed by atoms with Crippen molar-refractivity contribution in [3.8, 4) is 114 Å². The summed E-state index contributed by atoms with van der Waals surface area (Å²) in [4.78, 5) is 0. The molecule has 0 radical (unpaired) electrons. The molecule has 7 nitrogen and oxygen atoms in total. The van der Waals surface area contributed by atoms with E-state index in [1.807, 2.05) is 55.4 Å². The largest absolute Gasteiger partial charge is 0.495 e. The van der Waals surface area contributed by atoms with E-state index < -0.39 is 0 Å². The Bertz CT molecular complexity index is 7430. The minimum atomic E-state index is -0.378. The number of aryl methyl sites for hydroxylation is 6. The number of fused-ring (bicyclic) bond motifs is 4. The fourth-order valence-electron chi connectivity index (χ4n) is 18.9. The highest BCUT2D eigenvalue weighted by Crippen LogP contribution is 2.47. The average molecular weight is 2000 g/mol. The lowest BCUT2D eigenvalue weighted by Crippen LogP contribution is -2.41. The fraction of sp³-hybridized carbons (Fsp3) is 0.250. The number of hydrogen-bond acceptors (Lipinski definition) is 7. The second kappa shape index (κ2) is 50.1. The zero-order chi connectivity index (χ0) is 103. The lowest BCUT2D eigenvalue weighted by Gasteiger charge is -2.32. The molecule has 19 rings (SSSR count). The van der Waals surface area contributed by atoms with Gasteiger partial charge >= 0.3 is 14.2 Å². The van der Waals surface area contributed by atoms with Gasteiger partial charge in [0.2, 0.25) is 0 Å². The van der Waals surface area contributed by atoms with Crippen LogP contribution >= 0.6 is 15.9 Å². The van der Waals surface area contributed by atoms with Gasteiger partial charge in [-0.3, -0.25) is 0 Å². The summed E-state index contributed by atoms with van der Waals surface area (Å²) in [7, 11) is -0.443. The highest BCUT2D eigenvalue weighted by atomic mass is 79.9. The Labute approximate surface area is 894 Å². The summed E-state index contributed by atoms with van der Waals surface area (Å²) in [6.45, 7) is 35.6. The third-order valence-corrected chi connectivity index (χ3v) is 28.9. The van der Waals surface area contributed by atoms with Crippen LogP contribution in [0.25, 0.3) is 110 Å². The quantitative estimate of drug-likeness (QED) is 0.0283. The minimum absolute atomic E-state index is 0. The lowest BCUT2D eigenvalue weighted by atomic mass is 9.72. The van der Waals surface area contributed by atoms with Crippen LogP contribution in [0.15, 0.2) is 356 Å². The Morgan fingerprint density at radius 3 is 0.959 bits per heavy atom. The molecular formula is C136H158B2BrN3O4. The third-order valence-electron chi connectivity index (χ3n) is 28.4. The number of halogens is 1. The molecule has 0 atom stereocenters. The molecule has 2 aliphatic rings. The maximum atomic E-state index is 6.59. The monoisotopic (exact) mass is 2000 g/mol. The summed E-state index contributed by atoms with van der Waals surface area (Å²) < 4.78 is 25.3. The molecule has 2 heterocycles. The van der Waals surface area contributed by atoms with Crippen LogP contribution < -0.4 is 21.4 Å². The number of unbranched alkanes of at least 4 members (excludes halogenated alkanes) is 5. The number of hydrogen-bond donors (Lipinski definition) is 3. The van der Waals surface area contributed by atoms with E-state index in [9.17, 15) is 0 Å². The lowest BCUT2D eigenvalue weighted by molar-refractivity contribution is 0.00578. The van der Waals surface area contributed by atoms with Gasteiger partial charge in [0.15, 0.2) is 0 Å². The van der Waals surface area contributed by atoms with Crippen LogP contribution in [0.1, 0.15) is 213 Å². The molecule has 17 aromatic rings. The van der Waals surface area contributed by atoms with Crippen molar-refractivity contribution in [1.82, 2.24) is 0 Å². The van der Waals surface area contributed by atoms with E-state index in [4.69, 9.17) is 18.6 Å². The molecule has 0 aliphatic carbocycles. The van der Waals surface area contributed by atoms with Gasteiger partial charge in [-0.1, -0.05) is 347 Å². The highest BCUT2D eigenvalue weighted by Gasteiger charge is 2.53. The Kier molecular flexibility index (Phi) is 36.4. The topological polar surface area (TPSA) is 73.0 Å². The predicted octanol–water partition coefficient (Wildman–Crippen LogP) is 38.9. The maximum Gasteiger partial charge on any atom is 0.495 e. The van der Waals surface area contributed by atoms with Crippen LogP contribution in [0.3, 0.4) is 0 Å². The molecule has 2 saturated heterocycles. The Morgan fingerprint density at radius 1 is 0.288 bits per heavy atom. The van der Waals surface area contributed by atoms with Gasteiger partial charge in [-0.2, -0.15) is 0 Å². The van der Waals surface area contributed by atoms with Crippen molar-refractivity contribution in [3.05, 3.63) is 401 Å². The Morgan fingerprint density at radius 2 is 0.582 bits per heavy atom. The van der Waals surface area contributed by atoms with E-state index in [1.54, 1.807) is 13.8 Å². The van der Waals surface area contributed by atoms with Crippen LogP contribution in [0.4, 0.5) is 34.1 Å². The molecule has 0 bridgehead atoms. The Balaban J connectivity index is 0.000000357. The molecule has 0 unspecified atom stereocenters. The summed E-state index contributed by atoms with van der Waals surface area (Å²) in [5.41, 5.74) is 32.3. The first-order valence-electron chi connectivity index (χ1n) is 52.2. The standard InChI is InChI=1S/C48H47N.C34H41BO2.C24H19N.C23H16BrN.C7H15BO2.10H2/c1-4-6-8-15-40-33-46(38-27-31-42(32-28-38)49-41-29-25-36(26-30-41)35-21-19-34(3)20-22-35)44-17-11-12-18-45(44)48(40)47-39(13-7-5-2)24-23-37-14-9-10-16-43(37)47;1-7-9-15-25-22-21-24-17-11-12-18-27(24)31(25)32-26(16-10-8-2)23-30(28-19-13-14-20-29(28)32)35-36-33(3,4)34(5,6)37-35;1-3-4-5-6-20-9-11-21(12-10-20)22-13-17-24(18-14-22)25-23-15-7-19(2)8-16-23;1-2-3-4-5-18-6-8-19(9-7-18)20-10-14-22(15-11-20)25-23-16-12-21(24)13-17-23;1-6(2)7(3,4)10-8(5)9-6;;;;;;;;;;/h9-12,14,16-33,49H,4-8,13,15H2,1-3H3;11-14,17-23H,7-10,15-16H2,1-6H3;7-18,25H,1-2H3;6-17,25H,1H3;1-5H3;10*1H. The van der Waals surface area contributed by atoms with Crippen molar-refractivity contribution in [2.45, 2.75) is 223 Å². The summed E-state index contributed by atoms with van der Waals surface area (Å²) in [6, 6.07) is 126. The predicted molar refractivity (Wildman–Crippen MR) is 653 cm³/mol. The number of anilines is 6. The molecule has 146 heavy (non-hydrogen) atoms. The van der Waals surface area contributed by atoms with Gasteiger partial charge in [-0.05, 0) is 418 Å². The minimum Gasteiger partial charge on any atom is -0.403 e. The highest BCUT2D eigenvalue weighted by molar-refractivity contribution is 9.10. The van der Waals surface area contributed by atoms with Crippen LogP contribution in [-0.2, 0) is 44.3 Å². The third kappa shape index (κ3) is 27.0. The summed E-state index contributed by atoms with van der Waals surface area (Å²) in [5.74, 6) is 22.8. The molecule has 0 spiro atoms. The smallest absolute Gasteiger partial charge is 0.403 e. The molecule has 0 saturated carbocycles. The summed E-state index contributed by atoms with van der Waals surface area (Å²) >= 11 is 3.45. The van der Waals surface area contributed by atoms with Crippen molar-refractivity contribution in [2.75, 3.05) is 16.0 Å². The van der Waals surface area contributed by atoms with Crippen LogP contribution in [-0.4, -0.2) is 36.6 Å². The van der Waals surface area contributed by atoms with Gasteiger partial charge in [0.05, 0.1) is 22.4 Å². The molecule has 2 fully saturated rings. The SMILES string of the molecule is CB1OC(C)(C)C(C)(C)O1.CC#CC#Cc1ccc(-c2ccc(Nc3ccc(Br)cc3)cc2)cc1.CC#CC#Cc1ccc(-c2ccc(Nc3ccc(C)cc3)cc2)cc1.CCCCCc1cc(-c2ccc(Nc3ccc(-c4ccc(C)cc4)cc3)cc2)c2ccccc2c1-c1c(CCCC)ccc2ccccc12.CCCCc1ccc2ccccc2c1-c1c(CCCC)cc(B2OC(C)(C)C(C)(C)O2)c2ccccc12.[HH].[HH].[HH].[HH].[HH].[HH].[HH].[HH].[HH].[HH]. The van der Waals surface area contributed by atoms with Crippen molar-refractivity contribution < 1.29 is 32.9 Å². The van der Waals surface area contributed by atoms with Gasteiger partial charge in [0.1, 0.15) is 0 Å². The first-order valence-corrected chi connectivity index (χ1v) is 53.0.